The van der Waals surface area contributed by atoms with Crippen molar-refractivity contribution in [1.29, 1.82) is 0 Å². The Labute approximate surface area is 124 Å². The van der Waals surface area contributed by atoms with Crippen LogP contribution in [0.1, 0.15) is 22.3 Å². The van der Waals surface area contributed by atoms with Crippen LogP contribution in [0.15, 0.2) is 36.4 Å². The van der Waals surface area contributed by atoms with E-state index in [9.17, 15) is 4.39 Å². The number of hydrogen-bond acceptors (Lipinski definition) is 2. The van der Waals surface area contributed by atoms with Crippen molar-refractivity contribution in [2.75, 3.05) is 6.61 Å². The Morgan fingerprint density at radius 3 is 2.76 bits per heavy atom. The van der Waals surface area contributed by atoms with Gasteiger partial charge in [-0.3, -0.25) is 0 Å². The van der Waals surface area contributed by atoms with Gasteiger partial charge < -0.3 is 9.84 Å². The fourth-order valence-corrected chi connectivity index (χ4v) is 1.96. The molecular formula is C18H17FO2. The predicted octanol–water partition coefficient (Wildman–Crippen LogP) is 3.37. The van der Waals surface area contributed by atoms with Gasteiger partial charge in [0.2, 0.25) is 0 Å². The average Bonchev–Trinajstić information content (AvgIpc) is 2.48. The lowest BCUT2D eigenvalue weighted by Crippen LogP contribution is -2.01. The normalized spacial score (nSPS) is 9.90. The Balaban J connectivity index is 2.22. The van der Waals surface area contributed by atoms with Crippen molar-refractivity contribution in [3.05, 3.63) is 64.5 Å². The number of hydrogen-bond donors (Lipinski definition) is 1. The number of ether oxygens (including phenoxy) is 1. The first kappa shape index (κ1) is 15.1. The number of benzene rings is 2. The van der Waals surface area contributed by atoms with Crippen molar-refractivity contribution in [2.24, 2.45) is 0 Å². The summed E-state index contributed by atoms with van der Waals surface area (Å²) < 4.78 is 19.1. The van der Waals surface area contributed by atoms with Crippen LogP contribution >= 0.6 is 0 Å². The minimum absolute atomic E-state index is 0.256. The molecule has 108 valence electrons. The smallest absolute Gasteiger partial charge is 0.124 e. The molecule has 0 aliphatic carbocycles. The standard InChI is InChI=1S/C18H17FO2/c1-13-5-3-7-18(14(13)2)21-12-16-8-9-17(19)11-15(16)6-4-10-20/h3,5,7-9,11,20H,10,12H2,1-2H3. The predicted molar refractivity (Wildman–Crippen MR) is 80.6 cm³/mol. The summed E-state index contributed by atoms with van der Waals surface area (Å²) in [5.74, 6) is 5.73. The topological polar surface area (TPSA) is 29.5 Å². The summed E-state index contributed by atoms with van der Waals surface area (Å²) in [7, 11) is 0. The first-order chi connectivity index (χ1) is 10.1. The van der Waals surface area contributed by atoms with Gasteiger partial charge in [-0.05, 0) is 43.2 Å². The van der Waals surface area contributed by atoms with E-state index in [4.69, 9.17) is 9.84 Å². The molecule has 2 aromatic carbocycles. The van der Waals surface area contributed by atoms with Gasteiger partial charge in [0.1, 0.15) is 24.8 Å². The van der Waals surface area contributed by atoms with Gasteiger partial charge in [-0.1, -0.05) is 30.0 Å². The summed E-state index contributed by atoms with van der Waals surface area (Å²) in [6, 6.07) is 10.3. The van der Waals surface area contributed by atoms with Crippen LogP contribution in [-0.4, -0.2) is 11.7 Å². The Morgan fingerprint density at radius 2 is 2.00 bits per heavy atom. The molecule has 0 saturated heterocycles. The number of aliphatic hydroxyl groups is 1. The molecule has 0 spiro atoms. The summed E-state index contributed by atoms with van der Waals surface area (Å²) >= 11 is 0. The lowest BCUT2D eigenvalue weighted by atomic mass is 10.1. The Hall–Kier alpha value is -2.31. The molecule has 0 amide bonds. The van der Waals surface area contributed by atoms with Gasteiger partial charge in [-0.15, -0.1) is 0 Å². The van der Waals surface area contributed by atoms with Gasteiger partial charge in [-0.25, -0.2) is 4.39 Å². The summed E-state index contributed by atoms with van der Waals surface area (Å²) in [5, 5.41) is 8.76. The molecule has 0 aliphatic heterocycles. The second kappa shape index (κ2) is 6.92. The third-order valence-corrected chi connectivity index (χ3v) is 3.31. The zero-order valence-corrected chi connectivity index (χ0v) is 12.1. The highest BCUT2D eigenvalue weighted by atomic mass is 19.1. The minimum atomic E-state index is -0.354. The first-order valence-electron chi connectivity index (χ1n) is 6.69. The monoisotopic (exact) mass is 284 g/mol. The van der Waals surface area contributed by atoms with E-state index in [1.165, 1.54) is 12.1 Å². The van der Waals surface area contributed by atoms with E-state index in [-0.39, 0.29) is 12.4 Å². The summed E-state index contributed by atoms with van der Waals surface area (Å²) in [4.78, 5) is 0. The molecule has 0 aliphatic rings. The van der Waals surface area contributed by atoms with E-state index in [0.717, 1.165) is 22.4 Å². The molecule has 0 atom stereocenters. The Kier molecular flexibility index (Phi) is 4.97. The van der Waals surface area contributed by atoms with Crippen LogP contribution in [0, 0.1) is 31.5 Å². The molecule has 0 aromatic heterocycles. The van der Waals surface area contributed by atoms with Crippen LogP contribution in [0.3, 0.4) is 0 Å². The first-order valence-corrected chi connectivity index (χ1v) is 6.69. The SMILES string of the molecule is Cc1cccc(OCc2ccc(F)cc2C#CCO)c1C. The maximum absolute atomic E-state index is 13.3. The lowest BCUT2D eigenvalue weighted by Gasteiger charge is -2.12. The van der Waals surface area contributed by atoms with Crippen molar-refractivity contribution >= 4 is 0 Å². The number of aryl methyl sites for hydroxylation is 1. The highest BCUT2D eigenvalue weighted by molar-refractivity contribution is 5.43. The van der Waals surface area contributed by atoms with Crippen LogP contribution in [0.25, 0.3) is 0 Å². The zero-order chi connectivity index (χ0) is 15.2. The van der Waals surface area contributed by atoms with E-state index < -0.39 is 0 Å². The highest BCUT2D eigenvalue weighted by Gasteiger charge is 2.06. The molecule has 0 saturated carbocycles. The molecule has 2 aromatic rings. The van der Waals surface area contributed by atoms with Gasteiger partial charge in [0, 0.05) is 11.1 Å². The minimum Gasteiger partial charge on any atom is -0.489 e. The molecule has 2 rings (SSSR count). The molecule has 0 bridgehead atoms. The van der Waals surface area contributed by atoms with E-state index >= 15 is 0 Å². The number of rotatable bonds is 3. The average molecular weight is 284 g/mol. The molecule has 1 N–H and O–H groups in total. The van der Waals surface area contributed by atoms with Gasteiger partial charge >= 0.3 is 0 Å². The quantitative estimate of drug-likeness (QED) is 0.876. The Bertz CT molecular complexity index is 696. The van der Waals surface area contributed by atoms with E-state index in [1.54, 1.807) is 6.07 Å². The van der Waals surface area contributed by atoms with Crippen LogP contribution in [-0.2, 0) is 6.61 Å². The van der Waals surface area contributed by atoms with E-state index in [0.29, 0.717) is 12.2 Å². The van der Waals surface area contributed by atoms with Gasteiger partial charge in [-0.2, -0.15) is 0 Å². The molecule has 0 fully saturated rings. The van der Waals surface area contributed by atoms with Crippen molar-refractivity contribution in [3.8, 4) is 17.6 Å². The maximum Gasteiger partial charge on any atom is 0.124 e. The second-order valence-electron chi connectivity index (χ2n) is 4.75. The molecule has 3 heteroatoms. The lowest BCUT2D eigenvalue weighted by molar-refractivity contribution is 0.303. The summed E-state index contributed by atoms with van der Waals surface area (Å²) in [6.07, 6.45) is 0. The Morgan fingerprint density at radius 1 is 1.19 bits per heavy atom. The third-order valence-electron chi connectivity index (χ3n) is 3.31. The molecular weight excluding hydrogens is 267 g/mol. The van der Waals surface area contributed by atoms with Gasteiger partial charge in [0.25, 0.3) is 0 Å². The molecule has 0 radical (unpaired) electrons. The van der Waals surface area contributed by atoms with E-state index in [1.807, 2.05) is 32.0 Å². The molecule has 21 heavy (non-hydrogen) atoms. The van der Waals surface area contributed by atoms with Crippen molar-refractivity contribution in [2.45, 2.75) is 20.5 Å². The van der Waals surface area contributed by atoms with E-state index in [2.05, 4.69) is 11.8 Å². The second-order valence-corrected chi connectivity index (χ2v) is 4.75. The fraction of sp³-hybridized carbons (Fsp3) is 0.222. The number of aliphatic hydroxyl groups excluding tert-OH is 1. The van der Waals surface area contributed by atoms with Crippen LogP contribution in [0.5, 0.6) is 5.75 Å². The number of halogens is 1. The largest absolute Gasteiger partial charge is 0.489 e. The van der Waals surface area contributed by atoms with Crippen LogP contribution in [0.4, 0.5) is 4.39 Å². The third kappa shape index (κ3) is 3.84. The summed E-state index contributed by atoms with van der Waals surface area (Å²) in [5.41, 5.74) is 3.57. The van der Waals surface area contributed by atoms with Crippen molar-refractivity contribution in [1.82, 2.24) is 0 Å². The molecule has 0 unspecified atom stereocenters. The highest BCUT2D eigenvalue weighted by Crippen LogP contribution is 2.22. The van der Waals surface area contributed by atoms with Crippen LogP contribution < -0.4 is 4.74 Å². The molecule has 0 heterocycles. The zero-order valence-electron chi connectivity index (χ0n) is 12.1. The molecule has 2 nitrogen and oxygen atoms in total. The maximum atomic E-state index is 13.3. The van der Waals surface area contributed by atoms with Crippen LogP contribution in [0.2, 0.25) is 0 Å². The van der Waals surface area contributed by atoms with Gasteiger partial charge in [0.15, 0.2) is 0 Å². The van der Waals surface area contributed by atoms with Crippen molar-refractivity contribution in [3.63, 3.8) is 0 Å². The fourth-order valence-electron chi connectivity index (χ4n) is 1.96. The van der Waals surface area contributed by atoms with Crippen molar-refractivity contribution < 1.29 is 14.2 Å². The van der Waals surface area contributed by atoms with Gasteiger partial charge in [0.05, 0.1) is 0 Å². The summed E-state index contributed by atoms with van der Waals surface area (Å²) in [6.45, 7) is 4.08.